The second kappa shape index (κ2) is 8.51. The maximum Gasteiger partial charge on any atom is 0.236 e. The predicted octanol–water partition coefficient (Wildman–Crippen LogP) is 0.210. The minimum atomic E-state index is 0.0908. The fourth-order valence-electron chi connectivity index (χ4n) is 2.83. The van der Waals surface area contributed by atoms with E-state index in [2.05, 4.69) is 16.8 Å². The maximum atomic E-state index is 11.5. The standard InChI is InChI=1S/C12H24N4O.C2H6/c1-14-4-2-11(3-5-14)15-6-8-16(9-7-15)12(17)10-13;1-2/h11H,2-10,13H2,1H3;1-2H3. The van der Waals surface area contributed by atoms with Gasteiger partial charge in [-0.1, -0.05) is 13.8 Å². The predicted molar refractivity (Wildman–Crippen MR) is 79.1 cm³/mol. The molecule has 2 heterocycles. The summed E-state index contributed by atoms with van der Waals surface area (Å²) in [6.45, 7) is 10.3. The molecule has 2 saturated heterocycles. The van der Waals surface area contributed by atoms with Crippen LogP contribution in [0.5, 0.6) is 0 Å². The molecule has 5 nitrogen and oxygen atoms in total. The van der Waals surface area contributed by atoms with E-state index in [0.29, 0.717) is 0 Å². The molecule has 0 radical (unpaired) electrons. The third kappa shape index (κ3) is 4.75. The molecule has 1 amide bonds. The number of nitrogens with two attached hydrogens (primary N) is 1. The molecule has 0 aromatic rings. The van der Waals surface area contributed by atoms with Crippen molar-refractivity contribution in [1.82, 2.24) is 14.7 Å². The summed E-state index contributed by atoms with van der Waals surface area (Å²) in [5.41, 5.74) is 5.39. The highest BCUT2D eigenvalue weighted by atomic mass is 16.2. The summed E-state index contributed by atoms with van der Waals surface area (Å²) < 4.78 is 0. The molecule has 2 rings (SSSR count). The van der Waals surface area contributed by atoms with Gasteiger partial charge in [-0.2, -0.15) is 0 Å². The van der Waals surface area contributed by atoms with Crippen molar-refractivity contribution in [2.24, 2.45) is 5.73 Å². The Morgan fingerprint density at radius 1 is 1.05 bits per heavy atom. The number of likely N-dealkylation sites (tertiary alicyclic amines) is 1. The zero-order valence-corrected chi connectivity index (χ0v) is 12.8. The van der Waals surface area contributed by atoms with E-state index in [1.807, 2.05) is 18.7 Å². The summed E-state index contributed by atoms with van der Waals surface area (Å²) >= 11 is 0. The summed E-state index contributed by atoms with van der Waals surface area (Å²) in [4.78, 5) is 18.3. The number of rotatable bonds is 2. The SMILES string of the molecule is CC.CN1CCC(N2CCN(C(=O)CN)CC2)CC1. The summed E-state index contributed by atoms with van der Waals surface area (Å²) in [5.74, 6) is 0.0908. The van der Waals surface area contributed by atoms with Gasteiger partial charge in [-0.05, 0) is 33.0 Å². The normalized spacial score (nSPS) is 22.8. The van der Waals surface area contributed by atoms with Crippen LogP contribution >= 0.6 is 0 Å². The molecule has 112 valence electrons. The zero-order valence-electron chi connectivity index (χ0n) is 12.8. The smallest absolute Gasteiger partial charge is 0.236 e. The van der Waals surface area contributed by atoms with Gasteiger partial charge >= 0.3 is 0 Å². The average Bonchev–Trinajstić information content (AvgIpc) is 2.49. The van der Waals surface area contributed by atoms with Crippen LogP contribution in [0.15, 0.2) is 0 Å². The van der Waals surface area contributed by atoms with Gasteiger partial charge in [0, 0.05) is 32.2 Å². The lowest BCUT2D eigenvalue weighted by atomic mass is 10.0. The van der Waals surface area contributed by atoms with Gasteiger partial charge < -0.3 is 15.5 Å². The quantitative estimate of drug-likeness (QED) is 0.779. The number of amides is 1. The first kappa shape index (κ1) is 16.4. The number of nitrogens with zero attached hydrogens (tertiary/aromatic N) is 3. The molecular weight excluding hydrogens is 240 g/mol. The van der Waals surface area contributed by atoms with Crippen molar-refractivity contribution in [3.8, 4) is 0 Å². The Labute approximate surface area is 117 Å². The molecule has 2 N–H and O–H groups in total. The second-order valence-corrected chi connectivity index (χ2v) is 5.16. The number of carbonyl (C=O) groups is 1. The van der Waals surface area contributed by atoms with E-state index in [1.54, 1.807) is 0 Å². The average molecular weight is 270 g/mol. The van der Waals surface area contributed by atoms with E-state index >= 15 is 0 Å². The number of piperidine rings is 1. The van der Waals surface area contributed by atoms with Crippen molar-refractivity contribution >= 4 is 5.91 Å². The highest BCUT2D eigenvalue weighted by Gasteiger charge is 2.27. The minimum Gasteiger partial charge on any atom is -0.339 e. The van der Waals surface area contributed by atoms with Gasteiger partial charge in [-0.15, -0.1) is 0 Å². The molecule has 0 aromatic carbocycles. The molecule has 0 aromatic heterocycles. The molecule has 19 heavy (non-hydrogen) atoms. The lowest BCUT2D eigenvalue weighted by molar-refractivity contribution is -0.131. The second-order valence-electron chi connectivity index (χ2n) is 5.16. The van der Waals surface area contributed by atoms with Gasteiger partial charge in [0.15, 0.2) is 0 Å². The summed E-state index contributed by atoms with van der Waals surface area (Å²) in [6, 6.07) is 0.723. The van der Waals surface area contributed by atoms with Gasteiger partial charge in [-0.25, -0.2) is 0 Å². The lowest BCUT2D eigenvalue weighted by Crippen LogP contribution is -2.54. The zero-order chi connectivity index (χ0) is 14.3. The van der Waals surface area contributed by atoms with E-state index in [-0.39, 0.29) is 12.5 Å². The third-order valence-electron chi connectivity index (χ3n) is 4.05. The van der Waals surface area contributed by atoms with Gasteiger partial charge in [0.1, 0.15) is 0 Å². The monoisotopic (exact) mass is 270 g/mol. The Morgan fingerprint density at radius 2 is 1.58 bits per heavy atom. The topological polar surface area (TPSA) is 52.8 Å². The Balaban J connectivity index is 0.000000861. The van der Waals surface area contributed by atoms with E-state index in [9.17, 15) is 4.79 Å². The van der Waals surface area contributed by atoms with Gasteiger partial charge in [0.25, 0.3) is 0 Å². The van der Waals surface area contributed by atoms with Crippen molar-refractivity contribution in [1.29, 1.82) is 0 Å². The molecule has 2 aliphatic rings. The first-order valence-corrected chi connectivity index (χ1v) is 7.61. The number of carbonyl (C=O) groups excluding carboxylic acids is 1. The van der Waals surface area contributed by atoms with Crippen LogP contribution in [0.1, 0.15) is 26.7 Å². The van der Waals surface area contributed by atoms with Crippen molar-refractivity contribution in [3.05, 3.63) is 0 Å². The van der Waals surface area contributed by atoms with Crippen molar-refractivity contribution in [3.63, 3.8) is 0 Å². The van der Waals surface area contributed by atoms with Crippen LogP contribution in [-0.4, -0.2) is 79.5 Å². The fourth-order valence-corrected chi connectivity index (χ4v) is 2.83. The van der Waals surface area contributed by atoms with Crippen LogP contribution in [0.2, 0.25) is 0 Å². The molecule has 0 aliphatic carbocycles. The highest BCUT2D eigenvalue weighted by Crippen LogP contribution is 2.17. The van der Waals surface area contributed by atoms with Crippen LogP contribution < -0.4 is 5.73 Å². The molecule has 5 heteroatoms. The molecule has 2 fully saturated rings. The van der Waals surface area contributed by atoms with E-state index in [1.165, 1.54) is 25.9 Å². The first-order valence-electron chi connectivity index (χ1n) is 7.61. The van der Waals surface area contributed by atoms with Gasteiger partial charge in [0.05, 0.1) is 6.54 Å². The summed E-state index contributed by atoms with van der Waals surface area (Å²) in [5, 5.41) is 0. The van der Waals surface area contributed by atoms with Crippen molar-refractivity contribution in [2.75, 3.05) is 52.9 Å². The van der Waals surface area contributed by atoms with Crippen molar-refractivity contribution in [2.45, 2.75) is 32.7 Å². The Kier molecular flexibility index (Phi) is 7.34. The maximum absolute atomic E-state index is 11.5. The fraction of sp³-hybridized carbons (Fsp3) is 0.929. The third-order valence-corrected chi connectivity index (χ3v) is 4.05. The minimum absolute atomic E-state index is 0.0908. The molecular formula is C14H30N4O. The summed E-state index contributed by atoms with van der Waals surface area (Å²) in [7, 11) is 2.19. The Bertz CT molecular complexity index is 256. The first-order chi connectivity index (χ1) is 9.20. The molecule has 0 atom stereocenters. The van der Waals surface area contributed by atoms with Gasteiger partial charge in [-0.3, -0.25) is 9.69 Å². The van der Waals surface area contributed by atoms with E-state index < -0.39 is 0 Å². The van der Waals surface area contributed by atoms with Crippen LogP contribution in [0, 0.1) is 0 Å². The number of hydrogen-bond donors (Lipinski definition) is 1. The Hall–Kier alpha value is -0.650. The van der Waals surface area contributed by atoms with Crippen LogP contribution in [0.3, 0.4) is 0 Å². The number of piperazine rings is 1. The summed E-state index contributed by atoms with van der Waals surface area (Å²) in [6.07, 6.45) is 2.53. The molecule has 2 aliphatic heterocycles. The van der Waals surface area contributed by atoms with Gasteiger partial charge in [0.2, 0.25) is 5.91 Å². The lowest BCUT2D eigenvalue weighted by Gasteiger charge is -2.42. The van der Waals surface area contributed by atoms with Crippen LogP contribution in [0.4, 0.5) is 0 Å². The van der Waals surface area contributed by atoms with Crippen LogP contribution in [0.25, 0.3) is 0 Å². The largest absolute Gasteiger partial charge is 0.339 e. The Morgan fingerprint density at radius 3 is 2.05 bits per heavy atom. The molecule has 0 spiro atoms. The van der Waals surface area contributed by atoms with E-state index in [0.717, 1.165) is 32.2 Å². The molecule has 0 unspecified atom stereocenters. The molecule has 0 bridgehead atoms. The van der Waals surface area contributed by atoms with E-state index in [4.69, 9.17) is 5.73 Å². The molecule has 0 saturated carbocycles. The number of hydrogen-bond acceptors (Lipinski definition) is 4. The van der Waals surface area contributed by atoms with Crippen LogP contribution in [-0.2, 0) is 4.79 Å². The van der Waals surface area contributed by atoms with Crippen molar-refractivity contribution < 1.29 is 4.79 Å². The highest BCUT2D eigenvalue weighted by molar-refractivity contribution is 5.78.